The molecule has 20 nitrogen and oxygen atoms in total. The van der Waals surface area contributed by atoms with Crippen LogP contribution in [0, 0.1) is 6.92 Å². The third kappa shape index (κ3) is 8.38. The molecular weight excluding hydrogens is 807 g/mol. The number of nitrogen functional groups attached to an aromatic ring is 1. The first-order chi connectivity index (χ1) is 28.0. The number of rotatable bonds is 4. The number of hydrogen-bond donors (Lipinski definition) is 7. The van der Waals surface area contributed by atoms with Gasteiger partial charge in [-0.1, -0.05) is 23.2 Å². The van der Waals surface area contributed by atoms with Crippen LogP contribution < -0.4 is 48.8 Å². The minimum Gasteiger partial charge on any atom is -0.444 e. The highest BCUT2D eigenvalue weighted by molar-refractivity contribution is 6.34. The number of carbonyl (C=O) groups excluding carboxylic acids is 3. The number of nitrogens with one attached hydrogen (secondary N) is 6. The van der Waals surface area contributed by atoms with Crippen molar-refractivity contribution in [1.82, 2.24) is 55.2 Å². The van der Waals surface area contributed by atoms with Crippen molar-refractivity contribution in [3.8, 4) is 0 Å². The topological polar surface area (TPSA) is 257 Å². The van der Waals surface area contributed by atoms with Crippen molar-refractivity contribution in [3.05, 3.63) is 84.8 Å². The summed E-state index contributed by atoms with van der Waals surface area (Å²) in [7, 11) is 0. The number of halogens is 2. The Labute approximate surface area is 347 Å². The second-order valence-corrected chi connectivity index (χ2v) is 16.4. The van der Waals surface area contributed by atoms with E-state index in [0.29, 0.717) is 50.5 Å². The zero-order valence-electron chi connectivity index (χ0n) is 32.7. The Morgan fingerprint density at radius 3 is 1.90 bits per heavy atom. The predicted octanol–water partition coefficient (Wildman–Crippen LogP) is 2.37. The van der Waals surface area contributed by atoms with Gasteiger partial charge in [0.25, 0.3) is 22.9 Å². The quantitative estimate of drug-likeness (QED) is 0.156. The number of amides is 3. The molecule has 312 valence electrons. The molecule has 8 heterocycles. The number of anilines is 5. The maximum atomic E-state index is 13.6. The fraction of sp³-hybridized carbons (Fsp3) is 0.432. The number of ether oxygens (including phenoxy) is 1. The van der Waals surface area contributed by atoms with Gasteiger partial charge in [-0.05, 0) is 59.1 Å². The molecule has 2 fully saturated rings. The van der Waals surface area contributed by atoms with E-state index in [1.807, 2.05) is 6.92 Å². The molecule has 0 saturated carbocycles. The smallest absolute Gasteiger partial charge is 0.410 e. The first-order valence-electron chi connectivity index (χ1n) is 18.9. The summed E-state index contributed by atoms with van der Waals surface area (Å²) in [5, 5.41) is 18.5. The third-order valence-electron chi connectivity index (χ3n) is 9.99. The van der Waals surface area contributed by atoms with Crippen molar-refractivity contribution >= 4 is 69.9 Å². The summed E-state index contributed by atoms with van der Waals surface area (Å²) in [5.74, 6) is 0.219. The van der Waals surface area contributed by atoms with Crippen molar-refractivity contribution in [1.29, 1.82) is 0 Å². The van der Waals surface area contributed by atoms with Crippen LogP contribution in [0.4, 0.5) is 33.6 Å². The molecule has 0 radical (unpaired) electrons. The molecule has 2 spiro atoms. The summed E-state index contributed by atoms with van der Waals surface area (Å²) in [6, 6.07) is 6.04. The van der Waals surface area contributed by atoms with E-state index in [1.54, 1.807) is 31.7 Å². The average Bonchev–Trinajstić information content (AvgIpc) is 3.35. The number of pyridine rings is 2. The van der Waals surface area contributed by atoms with Gasteiger partial charge in [0.15, 0.2) is 0 Å². The van der Waals surface area contributed by atoms with Crippen LogP contribution in [0.15, 0.2) is 46.5 Å². The van der Waals surface area contributed by atoms with Crippen molar-refractivity contribution in [2.75, 3.05) is 55.6 Å². The second kappa shape index (κ2) is 16.1. The van der Waals surface area contributed by atoms with Gasteiger partial charge in [0, 0.05) is 50.6 Å². The maximum Gasteiger partial charge on any atom is 0.410 e. The number of fused-ring (bicyclic) bond motifs is 4. The molecular formula is C37H44Cl2N14O6. The van der Waals surface area contributed by atoms with Gasteiger partial charge in [0.05, 0.1) is 16.6 Å². The molecule has 3 amide bonds. The summed E-state index contributed by atoms with van der Waals surface area (Å²) < 4.78 is 8.35. The number of hydrogen-bond acceptors (Lipinski definition) is 15. The lowest BCUT2D eigenvalue weighted by Gasteiger charge is -2.35. The first kappa shape index (κ1) is 41.3. The molecule has 2 saturated heterocycles. The molecule has 0 aromatic carbocycles. The van der Waals surface area contributed by atoms with Gasteiger partial charge < -0.3 is 47.3 Å². The average molecular weight is 852 g/mol. The van der Waals surface area contributed by atoms with Crippen LogP contribution in [0.25, 0.3) is 0 Å². The SMILES string of the molecule is Cc1cc(Nc2cc(Cl)c3n(c2=O)C2(CCCCN(C(=O)OC(C)(C)C)C2)NC3=O)ncn1.Nc1cc(Nc2cc(Cl)c3n(c2=O)C2(CNCCNC2)NC3=O)ncn1. The summed E-state index contributed by atoms with van der Waals surface area (Å²) >= 11 is 12.8. The number of nitrogens with zero attached hydrogens (tertiary/aromatic N) is 7. The molecule has 8 rings (SSSR count). The van der Waals surface area contributed by atoms with Gasteiger partial charge >= 0.3 is 6.09 Å². The fourth-order valence-corrected chi connectivity index (χ4v) is 8.08. The van der Waals surface area contributed by atoms with Gasteiger partial charge in [-0.2, -0.15) is 0 Å². The minimum atomic E-state index is -1.13. The largest absolute Gasteiger partial charge is 0.444 e. The van der Waals surface area contributed by atoms with Gasteiger partial charge in [-0.3, -0.25) is 28.3 Å². The molecule has 1 atom stereocenters. The molecule has 4 aromatic rings. The maximum absolute atomic E-state index is 13.6. The summed E-state index contributed by atoms with van der Waals surface area (Å²) in [5.41, 5.74) is 3.43. The van der Waals surface area contributed by atoms with Crippen molar-refractivity contribution in [2.45, 2.75) is 63.9 Å². The van der Waals surface area contributed by atoms with Gasteiger partial charge in [0.1, 0.15) is 69.8 Å². The summed E-state index contributed by atoms with van der Waals surface area (Å²) in [4.78, 5) is 82.6. The zero-order valence-corrected chi connectivity index (χ0v) is 34.3. The van der Waals surface area contributed by atoms with Crippen molar-refractivity contribution < 1.29 is 19.1 Å². The number of nitrogens with two attached hydrogens (primary N) is 1. The van der Waals surface area contributed by atoms with Crippen LogP contribution in [0.2, 0.25) is 10.0 Å². The standard InChI is InChI=1S/C22H27ClN6O4.C15H17ClN8O2/c1-13-9-16(25-12-24-13)26-15-10-14(23)17-18(30)27-22(29(17)19(15)31)7-5-6-8-28(11-22)20(32)33-21(2,3)4;16-8-3-9(22-11-4-10(17)20-7-21-11)14(26)24-12(8)13(25)23-15(24)5-18-1-2-19-6-15/h9-10,12H,5-8,11H2,1-4H3,(H,27,30)(H,24,25,26);3-4,7,18-19H,1-2,5-6H2,(H,23,25)(H3,17,20,21,22). The van der Waals surface area contributed by atoms with E-state index >= 15 is 0 Å². The van der Waals surface area contributed by atoms with Gasteiger partial charge in [0.2, 0.25) is 0 Å². The number of likely N-dealkylation sites (tertiary alicyclic amines) is 1. The Hall–Kier alpha value is -5.83. The highest BCUT2D eigenvalue weighted by Gasteiger charge is 2.48. The molecule has 22 heteroatoms. The number of carbonyl (C=O) groups is 3. The monoisotopic (exact) mass is 850 g/mol. The van der Waals surface area contributed by atoms with Crippen molar-refractivity contribution in [3.63, 3.8) is 0 Å². The van der Waals surface area contributed by atoms with E-state index in [9.17, 15) is 24.0 Å². The molecule has 59 heavy (non-hydrogen) atoms. The van der Waals surface area contributed by atoms with E-state index in [4.69, 9.17) is 33.7 Å². The molecule has 4 aromatic heterocycles. The number of aryl methyl sites for hydroxylation is 1. The van der Waals surface area contributed by atoms with E-state index in [0.717, 1.165) is 18.8 Å². The van der Waals surface area contributed by atoms with Crippen LogP contribution in [0.1, 0.15) is 66.7 Å². The van der Waals surface area contributed by atoms with Crippen molar-refractivity contribution in [2.24, 2.45) is 0 Å². The molecule has 4 aliphatic heterocycles. The van der Waals surface area contributed by atoms with Gasteiger partial charge in [-0.15, -0.1) is 0 Å². The molecule has 0 bridgehead atoms. The second-order valence-electron chi connectivity index (χ2n) is 15.6. The minimum absolute atomic E-state index is 0.0807. The van der Waals surface area contributed by atoms with Crippen LogP contribution >= 0.6 is 23.2 Å². The predicted molar refractivity (Wildman–Crippen MR) is 219 cm³/mol. The molecule has 1 unspecified atom stereocenters. The van der Waals surface area contributed by atoms with Crippen LogP contribution in [0.3, 0.4) is 0 Å². The van der Waals surface area contributed by atoms with Crippen LogP contribution in [0.5, 0.6) is 0 Å². The Morgan fingerprint density at radius 2 is 1.34 bits per heavy atom. The van der Waals surface area contributed by atoms with Crippen LogP contribution in [-0.2, 0) is 16.1 Å². The Morgan fingerprint density at radius 1 is 0.797 bits per heavy atom. The van der Waals surface area contributed by atoms with E-state index in [2.05, 4.69) is 51.8 Å². The zero-order chi connectivity index (χ0) is 42.3. The Balaban J connectivity index is 0.000000184. The molecule has 4 aliphatic rings. The van der Waals surface area contributed by atoms with Crippen LogP contribution in [-0.4, -0.2) is 96.7 Å². The van der Waals surface area contributed by atoms with E-state index < -0.39 is 34.5 Å². The highest BCUT2D eigenvalue weighted by Crippen LogP contribution is 2.35. The Bertz CT molecular complexity index is 2450. The first-order valence-corrected chi connectivity index (χ1v) is 19.6. The highest BCUT2D eigenvalue weighted by atomic mass is 35.5. The Kier molecular flexibility index (Phi) is 11.3. The molecule has 8 N–H and O–H groups in total. The van der Waals surface area contributed by atoms with E-state index in [1.165, 1.54) is 40.0 Å². The van der Waals surface area contributed by atoms with Gasteiger partial charge in [-0.25, -0.2) is 24.7 Å². The normalized spacial score (nSPS) is 19.4. The molecule has 0 aliphatic carbocycles. The number of aromatic nitrogens is 6. The van der Waals surface area contributed by atoms with E-state index in [-0.39, 0.29) is 56.6 Å². The third-order valence-corrected chi connectivity index (χ3v) is 10.6. The lowest BCUT2D eigenvalue weighted by atomic mass is 10.0. The lowest BCUT2D eigenvalue weighted by molar-refractivity contribution is 0.0170. The lowest BCUT2D eigenvalue weighted by Crippen LogP contribution is -2.57. The summed E-state index contributed by atoms with van der Waals surface area (Å²) in [6.07, 6.45) is 4.07. The summed E-state index contributed by atoms with van der Waals surface area (Å²) in [6.45, 7) is 10.0. The fourth-order valence-electron chi connectivity index (χ4n) is 7.52.